The summed E-state index contributed by atoms with van der Waals surface area (Å²) in [6.45, 7) is 5.88. The van der Waals surface area contributed by atoms with Crippen LogP contribution in [0.15, 0.2) is 12.3 Å². The monoisotopic (exact) mass is 223 g/mol. The van der Waals surface area contributed by atoms with E-state index in [1.807, 2.05) is 13.0 Å². The van der Waals surface area contributed by atoms with Gasteiger partial charge < -0.3 is 4.74 Å². The standard InChI is InChI=1S/C11H17N3O2/c1-8-12-6-5-9(14-8)7-13-11(2,3)10(15)16-4/h5-6,13H,7H2,1-4H3. The smallest absolute Gasteiger partial charge is 0.325 e. The highest BCUT2D eigenvalue weighted by Crippen LogP contribution is 2.06. The molecule has 0 fully saturated rings. The molecule has 88 valence electrons. The number of carbonyl (C=O) groups is 1. The van der Waals surface area contributed by atoms with Crippen LogP contribution in [0.1, 0.15) is 25.4 Å². The van der Waals surface area contributed by atoms with Crippen molar-refractivity contribution in [3.63, 3.8) is 0 Å². The number of aryl methyl sites for hydroxylation is 1. The Morgan fingerprint density at radius 2 is 2.25 bits per heavy atom. The molecule has 0 spiro atoms. The highest BCUT2D eigenvalue weighted by Gasteiger charge is 2.27. The van der Waals surface area contributed by atoms with Gasteiger partial charge in [-0.2, -0.15) is 0 Å². The van der Waals surface area contributed by atoms with Gasteiger partial charge in [0.1, 0.15) is 11.4 Å². The van der Waals surface area contributed by atoms with Gasteiger partial charge in [0, 0.05) is 12.7 Å². The van der Waals surface area contributed by atoms with Crippen LogP contribution in [0.3, 0.4) is 0 Å². The van der Waals surface area contributed by atoms with Crippen molar-refractivity contribution in [3.05, 3.63) is 23.8 Å². The van der Waals surface area contributed by atoms with Crippen molar-refractivity contribution in [2.75, 3.05) is 7.11 Å². The number of ether oxygens (including phenoxy) is 1. The molecule has 0 amide bonds. The van der Waals surface area contributed by atoms with E-state index in [0.717, 1.165) is 11.5 Å². The molecule has 1 aromatic heterocycles. The van der Waals surface area contributed by atoms with Crippen molar-refractivity contribution in [1.82, 2.24) is 15.3 Å². The minimum atomic E-state index is -0.715. The SMILES string of the molecule is COC(=O)C(C)(C)NCc1ccnc(C)n1. The maximum absolute atomic E-state index is 11.4. The Morgan fingerprint density at radius 1 is 1.56 bits per heavy atom. The maximum Gasteiger partial charge on any atom is 0.325 e. The molecule has 0 aliphatic heterocycles. The third kappa shape index (κ3) is 3.27. The van der Waals surface area contributed by atoms with Gasteiger partial charge in [-0.3, -0.25) is 10.1 Å². The number of nitrogens with one attached hydrogen (secondary N) is 1. The highest BCUT2D eigenvalue weighted by atomic mass is 16.5. The van der Waals surface area contributed by atoms with Gasteiger partial charge in [-0.15, -0.1) is 0 Å². The molecule has 0 aromatic carbocycles. The lowest BCUT2D eigenvalue weighted by molar-refractivity contribution is -0.147. The zero-order valence-corrected chi connectivity index (χ0v) is 10.1. The lowest BCUT2D eigenvalue weighted by atomic mass is 10.1. The molecule has 1 N–H and O–H groups in total. The Labute approximate surface area is 95.3 Å². The van der Waals surface area contributed by atoms with Gasteiger partial charge in [-0.1, -0.05) is 0 Å². The Bertz CT molecular complexity index is 377. The van der Waals surface area contributed by atoms with E-state index in [0.29, 0.717) is 6.54 Å². The average molecular weight is 223 g/mol. The summed E-state index contributed by atoms with van der Waals surface area (Å²) in [7, 11) is 1.38. The molecular formula is C11H17N3O2. The number of esters is 1. The fraction of sp³-hybridized carbons (Fsp3) is 0.545. The molecule has 5 heteroatoms. The summed E-state index contributed by atoms with van der Waals surface area (Å²) < 4.78 is 4.69. The summed E-state index contributed by atoms with van der Waals surface area (Å²) in [5.41, 5.74) is 0.137. The Morgan fingerprint density at radius 3 is 2.81 bits per heavy atom. The fourth-order valence-corrected chi connectivity index (χ4v) is 1.24. The van der Waals surface area contributed by atoms with Crippen molar-refractivity contribution in [1.29, 1.82) is 0 Å². The zero-order chi connectivity index (χ0) is 12.2. The molecule has 16 heavy (non-hydrogen) atoms. The van der Waals surface area contributed by atoms with Crippen molar-refractivity contribution in [3.8, 4) is 0 Å². The average Bonchev–Trinajstić information content (AvgIpc) is 2.25. The number of hydrogen-bond donors (Lipinski definition) is 1. The molecule has 1 aromatic rings. The predicted molar refractivity (Wildman–Crippen MR) is 59.7 cm³/mol. The van der Waals surface area contributed by atoms with Gasteiger partial charge in [0.2, 0.25) is 0 Å². The summed E-state index contributed by atoms with van der Waals surface area (Å²) in [6.07, 6.45) is 1.70. The minimum Gasteiger partial charge on any atom is -0.468 e. The number of aromatic nitrogens is 2. The summed E-state index contributed by atoms with van der Waals surface area (Å²) in [6, 6.07) is 1.81. The second kappa shape index (κ2) is 5.03. The van der Waals surface area contributed by atoms with Crippen LogP contribution in [0.4, 0.5) is 0 Å². The summed E-state index contributed by atoms with van der Waals surface area (Å²) in [4.78, 5) is 19.6. The first-order valence-electron chi connectivity index (χ1n) is 5.07. The van der Waals surface area contributed by atoms with E-state index in [2.05, 4.69) is 15.3 Å². The molecule has 0 aliphatic rings. The number of carbonyl (C=O) groups excluding carboxylic acids is 1. The molecule has 0 saturated carbocycles. The van der Waals surface area contributed by atoms with Crippen LogP contribution in [0.25, 0.3) is 0 Å². The highest BCUT2D eigenvalue weighted by molar-refractivity contribution is 5.79. The Kier molecular flexibility index (Phi) is 3.95. The van der Waals surface area contributed by atoms with Gasteiger partial charge in [0.25, 0.3) is 0 Å². The number of rotatable bonds is 4. The van der Waals surface area contributed by atoms with E-state index in [1.165, 1.54) is 7.11 Å². The van der Waals surface area contributed by atoms with E-state index < -0.39 is 5.54 Å². The van der Waals surface area contributed by atoms with Crippen molar-refractivity contribution in [2.45, 2.75) is 32.9 Å². The third-order valence-electron chi connectivity index (χ3n) is 2.24. The molecule has 0 unspecified atom stereocenters. The first kappa shape index (κ1) is 12.6. The molecule has 1 heterocycles. The molecule has 0 aliphatic carbocycles. The second-order valence-corrected chi connectivity index (χ2v) is 4.07. The van der Waals surface area contributed by atoms with Crippen LogP contribution < -0.4 is 5.32 Å². The molecule has 0 radical (unpaired) electrons. The zero-order valence-electron chi connectivity index (χ0n) is 10.1. The van der Waals surface area contributed by atoms with E-state index in [4.69, 9.17) is 4.74 Å². The van der Waals surface area contributed by atoms with E-state index in [1.54, 1.807) is 20.0 Å². The van der Waals surface area contributed by atoms with Crippen LogP contribution in [0, 0.1) is 6.92 Å². The van der Waals surface area contributed by atoms with Crippen LogP contribution in [-0.2, 0) is 16.1 Å². The normalized spacial score (nSPS) is 11.2. The quantitative estimate of drug-likeness (QED) is 0.766. The Balaban J connectivity index is 2.61. The molecule has 1 rings (SSSR count). The van der Waals surface area contributed by atoms with Gasteiger partial charge in [-0.25, -0.2) is 9.97 Å². The van der Waals surface area contributed by atoms with E-state index in [-0.39, 0.29) is 5.97 Å². The third-order valence-corrected chi connectivity index (χ3v) is 2.24. The van der Waals surface area contributed by atoms with Crippen LogP contribution >= 0.6 is 0 Å². The Hall–Kier alpha value is -1.49. The van der Waals surface area contributed by atoms with Crippen LogP contribution in [0.5, 0.6) is 0 Å². The summed E-state index contributed by atoms with van der Waals surface area (Å²) in [5.74, 6) is 0.424. The largest absolute Gasteiger partial charge is 0.468 e. The van der Waals surface area contributed by atoms with Gasteiger partial charge in [0.05, 0.1) is 12.8 Å². The van der Waals surface area contributed by atoms with Crippen molar-refractivity contribution in [2.24, 2.45) is 0 Å². The van der Waals surface area contributed by atoms with Gasteiger partial charge in [0.15, 0.2) is 0 Å². The van der Waals surface area contributed by atoms with Gasteiger partial charge >= 0.3 is 5.97 Å². The van der Waals surface area contributed by atoms with Crippen LogP contribution in [0.2, 0.25) is 0 Å². The van der Waals surface area contributed by atoms with Crippen LogP contribution in [-0.4, -0.2) is 28.6 Å². The molecule has 0 saturated heterocycles. The van der Waals surface area contributed by atoms with Crippen molar-refractivity contribution >= 4 is 5.97 Å². The van der Waals surface area contributed by atoms with Gasteiger partial charge in [-0.05, 0) is 26.8 Å². The molecule has 5 nitrogen and oxygen atoms in total. The first-order valence-corrected chi connectivity index (χ1v) is 5.07. The lowest BCUT2D eigenvalue weighted by Crippen LogP contribution is -2.47. The topological polar surface area (TPSA) is 64.1 Å². The lowest BCUT2D eigenvalue weighted by Gasteiger charge is -2.22. The summed E-state index contributed by atoms with van der Waals surface area (Å²) >= 11 is 0. The van der Waals surface area contributed by atoms with E-state index >= 15 is 0 Å². The minimum absolute atomic E-state index is 0.293. The second-order valence-electron chi connectivity index (χ2n) is 4.07. The first-order chi connectivity index (χ1) is 7.45. The summed E-state index contributed by atoms with van der Waals surface area (Å²) in [5, 5.41) is 3.09. The fourth-order valence-electron chi connectivity index (χ4n) is 1.24. The predicted octanol–water partition coefficient (Wildman–Crippen LogP) is 0.826. The number of nitrogens with zero attached hydrogens (tertiary/aromatic N) is 2. The number of methoxy groups -OCH3 is 1. The number of hydrogen-bond acceptors (Lipinski definition) is 5. The molecule has 0 bridgehead atoms. The molecule has 0 atom stereocenters. The van der Waals surface area contributed by atoms with Crippen molar-refractivity contribution < 1.29 is 9.53 Å². The maximum atomic E-state index is 11.4. The molecular weight excluding hydrogens is 206 g/mol. The van der Waals surface area contributed by atoms with E-state index in [9.17, 15) is 4.79 Å².